The smallest absolute Gasteiger partial charge is 0.393 e. The van der Waals surface area contributed by atoms with E-state index in [1.165, 1.54) is 30.3 Å². The van der Waals surface area contributed by atoms with E-state index in [1.807, 2.05) is 6.07 Å². The van der Waals surface area contributed by atoms with Gasteiger partial charge < -0.3 is 5.11 Å². The first-order valence-corrected chi connectivity index (χ1v) is 6.68. The zero-order valence-electron chi connectivity index (χ0n) is 11.5. The number of hydrogen-bond acceptors (Lipinski definition) is 2. The molecule has 0 fully saturated rings. The largest absolute Gasteiger partial charge is 0.507 e. The Labute approximate surface area is 130 Å². The number of benzene rings is 2. The minimum Gasteiger partial charge on any atom is -0.507 e. The fourth-order valence-corrected chi connectivity index (χ4v) is 2.31. The molecule has 0 heterocycles. The van der Waals surface area contributed by atoms with Gasteiger partial charge in [0.15, 0.2) is 0 Å². The molecule has 0 saturated heterocycles. The van der Waals surface area contributed by atoms with Gasteiger partial charge >= 0.3 is 6.18 Å². The number of phenolic OH excluding ortho intramolecular Hbond substituents is 1. The summed E-state index contributed by atoms with van der Waals surface area (Å²) in [7, 11) is 0. The number of nitrogens with zero attached hydrogens (tertiary/aromatic N) is 1. The van der Waals surface area contributed by atoms with Crippen LogP contribution in [0.4, 0.5) is 13.2 Å². The van der Waals surface area contributed by atoms with Crippen molar-refractivity contribution in [3.63, 3.8) is 0 Å². The second kappa shape index (κ2) is 5.90. The lowest BCUT2D eigenvalue weighted by Crippen LogP contribution is -2.12. The number of aromatic hydroxyl groups is 1. The highest BCUT2D eigenvalue weighted by molar-refractivity contribution is 6.31. The summed E-state index contributed by atoms with van der Waals surface area (Å²) in [5.74, 6) is -0.180. The van der Waals surface area contributed by atoms with Gasteiger partial charge in [-0.05, 0) is 47.9 Å². The molecule has 22 heavy (non-hydrogen) atoms. The van der Waals surface area contributed by atoms with Gasteiger partial charge in [-0.2, -0.15) is 18.4 Å². The number of phenols is 1. The Balaban J connectivity index is 2.67. The van der Waals surface area contributed by atoms with Gasteiger partial charge in [-0.25, -0.2) is 0 Å². The van der Waals surface area contributed by atoms with E-state index in [-0.39, 0.29) is 28.0 Å². The molecule has 2 nitrogen and oxygen atoms in total. The Kier molecular flexibility index (Phi) is 4.34. The molecule has 0 aromatic heterocycles. The average molecular weight is 326 g/mol. The quantitative estimate of drug-likeness (QED) is 0.844. The molecule has 0 spiro atoms. The summed E-state index contributed by atoms with van der Waals surface area (Å²) >= 11 is 6.00. The van der Waals surface area contributed by atoms with Gasteiger partial charge in [0.2, 0.25) is 0 Å². The first kappa shape index (κ1) is 16.2. The van der Waals surface area contributed by atoms with Crippen LogP contribution in [0.25, 0.3) is 11.1 Å². The van der Waals surface area contributed by atoms with Crippen LogP contribution in [0.15, 0.2) is 30.3 Å². The number of hydrogen-bond donors (Lipinski definition) is 1. The Hall–Kier alpha value is -2.19. The lowest BCUT2D eigenvalue weighted by atomic mass is 9.94. The van der Waals surface area contributed by atoms with Crippen molar-refractivity contribution in [1.82, 2.24) is 0 Å². The summed E-state index contributed by atoms with van der Waals surface area (Å²) in [5.41, 5.74) is 1.11. The molecule has 0 bridgehead atoms. The van der Waals surface area contributed by atoms with Crippen LogP contribution < -0.4 is 0 Å². The first-order chi connectivity index (χ1) is 10.2. The van der Waals surface area contributed by atoms with Gasteiger partial charge in [-0.1, -0.05) is 17.7 Å². The van der Waals surface area contributed by atoms with E-state index in [0.29, 0.717) is 10.6 Å². The summed E-state index contributed by atoms with van der Waals surface area (Å²) in [4.78, 5) is 0. The van der Waals surface area contributed by atoms with Crippen LogP contribution in [-0.2, 0) is 6.42 Å². The molecule has 0 unspecified atom stereocenters. The van der Waals surface area contributed by atoms with Gasteiger partial charge in [-0.15, -0.1) is 0 Å². The van der Waals surface area contributed by atoms with E-state index in [2.05, 4.69) is 0 Å². The second-order valence-corrected chi connectivity index (χ2v) is 5.30. The molecule has 0 aliphatic carbocycles. The molecule has 6 heteroatoms. The molecule has 2 aromatic carbocycles. The van der Waals surface area contributed by atoms with Crippen molar-refractivity contribution >= 4 is 11.6 Å². The summed E-state index contributed by atoms with van der Waals surface area (Å²) < 4.78 is 38.1. The lowest BCUT2D eigenvalue weighted by molar-refractivity contribution is -0.127. The zero-order valence-corrected chi connectivity index (χ0v) is 12.3. The normalized spacial score (nSPS) is 11.3. The fraction of sp³-hybridized carbons (Fsp3) is 0.188. The van der Waals surface area contributed by atoms with Gasteiger partial charge in [0.1, 0.15) is 5.75 Å². The maximum atomic E-state index is 12.7. The van der Waals surface area contributed by atoms with E-state index in [1.54, 1.807) is 6.92 Å². The number of nitriles is 1. The van der Waals surface area contributed by atoms with Gasteiger partial charge in [0, 0.05) is 10.6 Å². The minimum absolute atomic E-state index is 0.0262. The van der Waals surface area contributed by atoms with E-state index >= 15 is 0 Å². The van der Waals surface area contributed by atoms with Crippen LogP contribution in [-0.4, -0.2) is 11.3 Å². The number of aryl methyl sites for hydroxylation is 1. The van der Waals surface area contributed by atoms with Crippen molar-refractivity contribution in [1.29, 1.82) is 5.26 Å². The monoisotopic (exact) mass is 325 g/mol. The molecule has 0 saturated carbocycles. The average Bonchev–Trinajstić information content (AvgIpc) is 2.42. The third-order valence-electron chi connectivity index (χ3n) is 3.20. The van der Waals surface area contributed by atoms with E-state index < -0.39 is 12.6 Å². The molecule has 114 valence electrons. The van der Waals surface area contributed by atoms with E-state index in [9.17, 15) is 18.3 Å². The standard InChI is InChI=1S/C16H11ClF3NO/c1-9-4-15(22)13(6-14(9)17)12-5-10(8-21)2-3-11(12)7-16(18,19)20/h2-6,22H,7H2,1H3. The summed E-state index contributed by atoms with van der Waals surface area (Å²) in [6.07, 6.45) is -5.55. The van der Waals surface area contributed by atoms with Crippen LogP contribution >= 0.6 is 11.6 Å². The number of rotatable bonds is 2. The van der Waals surface area contributed by atoms with E-state index in [0.717, 1.165) is 0 Å². The van der Waals surface area contributed by atoms with Gasteiger partial charge in [0.25, 0.3) is 0 Å². The minimum atomic E-state index is -4.40. The van der Waals surface area contributed by atoms with Crippen LogP contribution in [0.5, 0.6) is 5.75 Å². The highest BCUT2D eigenvalue weighted by Crippen LogP contribution is 2.38. The molecule has 1 N–H and O–H groups in total. The maximum Gasteiger partial charge on any atom is 0.393 e. The molecule has 0 aliphatic heterocycles. The number of alkyl halides is 3. The van der Waals surface area contributed by atoms with Crippen LogP contribution in [0, 0.1) is 18.3 Å². The highest BCUT2D eigenvalue weighted by atomic mass is 35.5. The molecular formula is C16H11ClF3NO. The van der Waals surface area contributed by atoms with Crippen molar-refractivity contribution in [2.75, 3.05) is 0 Å². The van der Waals surface area contributed by atoms with Crippen LogP contribution in [0.1, 0.15) is 16.7 Å². The van der Waals surface area contributed by atoms with Crippen LogP contribution in [0.3, 0.4) is 0 Å². The molecule has 0 atom stereocenters. The third kappa shape index (κ3) is 3.52. The fourth-order valence-electron chi connectivity index (χ4n) is 2.15. The van der Waals surface area contributed by atoms with Crippen molar-refractivity contribution in [3.8, 4) is 22.9 Å². The maximum absolute atomic E-state index is 12.7. The summed E-state index contributed by atoms with van der Waals surface area (Å²) in [6.45, 7) is 1.67. The predicted octanol–water partition coefficient (Wildman–Crippen LogP) is 5.00. The van der Waals surface area contributed by atoms with Gasteiger partial charge in [0.05, 0.1) is 18.1 Å². The Morgan fingerprint density at radius 3 is 2.45 bits per heavy atom. The molecule has 0 amide bonds. The third-order valence-corrected chi connectivity index (χ3v) is 3.60. The highest BCUT2D eigenvalue weighted by Gasteiger charge is 2.29. The van der Waals surface area contributed by atoms with Crippen LogP contribution in [0.2, 0.25) is 5.02 Å². The van der Waals surface area contributed by atoms with Crippen molar-refractivity contribution in [2.45, 2.75) is 19.5 Å². The summed E-state index contributed by atoms with van der Waals surface area (Å²) in [6, 6.07) is 8.55. The Morgan fingerprint density at radius 2 is 1.86 bits per heavy atom. The van der Waals surface area contributed by atoms with Crippen molar-refractivity contribution < 1.29 is 18.3 Å². The van der Waals surface area contributed by atoms with E-state index in [4.69, 9.17) is 16.9 Å². The Bertz CT molecular complexity index is 763. The SMILES string of the molecule is Cc1cc(O)c(-c2cc(C#N)ccc2CC(F)(F)F)cc1Cl. The molecular weight excluding hydrogens is 315 g/mol. The topological polar surface area (TPSA) is 44.0 Å². The molecule has 0 radical (unpaired) electrons. The second-order valence-electron chi connectivity index (χ2n) is 4.89. The zero-order chi connectivity index (χ0) is 16.5. The first-order valence-electron chi connectivity index (χ1n) is 6.30. The van der Waals surface area contributed by atoms with Crippen molar-refractivity contribution in [2.24, 2.45) is 0 Å². The van der Waals surface area contributed by atoms with Gasteiger partial charge in [-0.3, -0.25) is 0 Å². The molecule has 2 aromatic rings. The molecule has 2 rings (SSSR count). The summed E-state index contributed by atoms with van der Waals surface area (Å²) in [5, 5.41) is 19.3. The Morgan fingerprint density at radius 1 is 1.18 bits per heavy atom. The van der Waals surface area contributed by atoms with Crippen molar-refractivity contribution in [3.05, 3.63) is 52.0 Å². The predicted molar refractivity (Wildman–Crippen MR) is 77.8 cm³/mol. The number of halogens is 4. The lowest BCUT2D eigenvalue weighted by Gasteiger charge is -2.14. The molecule has 0 aliphatic rings.